The molecule has 0 aliphatic carbocycles. The Balaban J connectivity index is 2.67. The van der Waals surface area contributed by atoms with Crippen molar-refractivity contribution in [2.24, 2.45) is 0 Å². The Bertz CT molecular complexity index is 405. The summed E-state index contributed by atoms with van der Waals surface area (Å²) in [7, 11) is 0. The third kappa shape index (κ3) is 4.31. The van der Waals surface area contributed by atoms with Gasteiger partial charge in [-0.05, 0) is 25.5 Å². The van der Waals surface area contributed by atoms with Crippen molar-refractivity contribution in [3.63, 3.8) is 0 Å². The summed E-state index contributed by atoms with van der Waals surface area (Å²) in [6, 6.07) is 4.38. The molecule has 1 N–H and O–H groups in total. The highest BCUT2D eigenvalue weighted by Gasteiger charge is 2.15. The second-order valence-electron chi connectivity index (χ2n) is 3.99. The quantitative estimate of drug-likeness (QED) is 0.457. The van der Waals surface area contributed by atoms with Crippen LogP contribution in [-0.4, -0.2) is 29.3 Å². The van der Waals surface area contributed by atoms with E-state index in [4.69, 9.17) is 14.6 Å². The van der Waals surface area contributed by atoms with E-state index in [1.54, 1.807) is 6.07 Å². The molecule has 1 rings (SSSR count). The van der Waals surface area contributed by atoms with E-state index in [0.29, 0.717) is 12.2 Å². The average Bonchev–Trinajstić information content (AvgIpc) is 2.34. The summed E-state index contributed by atoms with van der Waals surface area (Å²) in [5, 5.41) is 19.8. The van der Waals surface area contributed by atoms with Gasteiger partial charge >= 0.3 is 5.69 Å². The van der Waals surface area contributed by atoms with Gasteiger partial charge in [0.15, 0.2) is 5.75 Å². The molecule has 100 valence electrons. The lowest BCUT2D eigenvalue weighted by Crippen LogP contribution is -2.12. The largest absolute Gasteiger partial charge is 0.484 e. The molecule has 6 nitrogen and oxygen atoms in total. The number of aliphatic hydroxyl groups is 1. The summed E-state index contributed by atoms with van der Waals surface area (Å²) < 4.78 is 10.6. The fourth-order valence-corrected chi connectivity index (χ4v) is 1.36. The molecule has 0 unspecified atom stereocenters. The predicted molar refractivity (Wildman–Crippen MR) is 65.6 cm³/mol. The molecule has 0 spiro atoms. The number of ether oxygens (including phenoxy) is 2. The van der Waals surface area contributed by atoms with Gasteiger partial charge in [0.2, 0.25) is 0 Å². The first-order valence-corrected chi connectivity index (χ1v) is 5.67. The molecule has 0 saturated heterocycles. The van der Waals surface area contributed by atoms with Gasteiger partial charge in [-0.1, -0.05) is 6.07 Å². The zero-order valence-corrected chi connectivity index (χ0v) is 10.5. The number of aliphatic hydroxyl groups excluding tert-OH is 1. The third-order valence-electron chi connectivity index (χ3n) is 2.19. The first-order chi connectivity index (χ1) is 8.54. The van der Waals surface area contributed by atoms with E-state index in [9.17, 15) is 10.1 Å². The smallest absolute Gasteiger partial charge is 0.311 e. The van der Waals surface area contributed by atoms with E-state index >= 15 is 0 Å². The van der Waals surface area contributed by atoms with Crippen molar-refractivity contribution in [2.75, 3.05) is 13.2 Å². The van der Waals surface area contributed by atoms with Crippen molar-refractivity contribution < 1.29 is 19.5 Å². The van der Waals surface area contributed by atoms with E-state index in [1.165, 1.54) is 12.1 Å². The van der Waals surface area contributed by atoms with E-state index in [0.717, 1.165) is 0 Å². The lowest BCUT2D eigenvalue weighted by Gasteiger charge is -2.10. The van der Waals surface area contributed by atoms with Crippen LogP contribution in [0.1, 0.15) is 19.4 Å². The molecule has 0 radical (unpaired) electrons. The van der Waals surface area contributed by atoms with Crippen LogP contribution >= 0.6 is 0 Å². The maximum Gasteiger partial charge on any atom is 0.311 e. The van der Waals surface area contributed by atoms with Crippen molar-refractivity contribution in [1.29, 1.82) is 0 Å². The van der Waals surface area contributed by atoms with E-state index in [2.05, 4.69) is 0 Å². The zero-order valence-electron chi connectivity index (χ0n) is 10.5. The van der Waals surface area contributed by atoms with Crippen LogP contribution in [0.3, 0.4) is 0 Å². The number of benzene rings is 1. The Hall–Kier alpha value is -1.66. The summed E-state index contributed by atoms with van der Waals surface area (Å²) in [6.45, 7) is 4.18. The molecule has 0 bridgehead atoms. The van der Waals surface area contributed by atoms with Crippen molar-refractivity contribution in [1.82, 2.24) is 0 Å². The summed E-state index contributed by atoms with van der Waals surface area (Å²) >= 11 is 0. The maximum absolute atomic E-state index is 10.8. The molecule has 0 fully saturated rings. The number of hydrogen-bond donors (Lipinski definition) is 1. The molecule has 0 heterocycles. The molecule has 1 aromatic rings. The molecule has 6 heteroatoms. The number of nitrogens with zero attached hydrogens (tertiary/aromatic N) is 1. The van der Waals surface area contributed by atoms with Crippen molar-refractivity contribution in [3.05, 3.63) is 33.9 Å². The van der Waals surface area contributed by atoms with Crippen LogP contribution in [0.4, 0.5) is 5.69 Å². The molecule has 1 aromatic carbocycles. The van der Waals surface area contributed by atoms with Gasteiger partial charge in [-0.2, -0.15) is 0 Å². The molecule has 0 atom stereocenters. The molecular weight excluding hydrogens is 238 g/mol. The van der Waals surface area contributed by atoms with Gasteiger partial charge in [-0.15, -0.1) is 0 Å². The van der Waals surface area contributed by atoms with Crippen LogP contribution in [0.2, 0.25) is 0 Å². The fraction of sp³-hybridized carbons (Fsp3) is 0.500. The highest BCUT2D eigenvalue weighted by molar-refractivity contribution is 5.48. The number of nitro groups is 1. The van der Waals surface area contributed by atoms with Gasteiger partial charge in [0.1, 0.15) is 6.61 Å². The van der Waals surface area contributed by atoms with Gasteiger partial charge < -0.3 is 14.6 Å². The lowest BCUT2D eigenvalue weighted by molar-refractivity contribution is -0.386. The van der Waals surface area contributed by atoms with E-state index < -0.39 is 4.92 Å². The van der Waals surface area contributed by atoms with Crippen LogP contribution in [0.5, 0.6) is 5.75 Å². The molecule has 0 aromatic heterocycles. The Morgan fingerprint density at radius 1 is 1.39 bits per heavy atom. The van der Waals surface area contributed by atoms with Crippen LogP contribution in [-0.2, 0) is 11.3 Å². The number of hydrogen-bond acceptors (Lipinski definition) is 5. The minimum Gasteiger partial charge on any atom is -0.484 e. The normalized spacial score (nSPS) is 10.7. The second-order valence-corrected chi connectivity index (χ2v) is 3.99. The minimum absolute atomic E-state index is 0.0975. The Kier molecular flexibility index (Phi) is 5.54. The first-order valence-electron chi connectivity index (χ1n) is 5.67. The fourth-order valence-electron chi connectivity index (χ4n) is 1.36. The molecular formula is C12H17NO5. The highest BCUT2D eigenvalue weighted by Crippen LogP contribution is 2.27. The summed E-state index contributed by atoms with van der Waals surface area (Å²) in [4.78, 5) is 10.3. The minimum atomic E-state index is -0.530. The number of rotatable bonds is 7. The number of nitro benzene ring substituents is 1. The van der Waals surface area contributed by atoms with Crippen LogP contribution in [0.25, 0.3) is 0 Å². The molecule has 0 saturated carbocycles. The van der Waals surface area contributed by atoms with Crippen LogP contribution in [0, 0.1) is 10.1 Å². The summed E-state index contributed by atoms with van der Waals surface area (Å²) in [5.74, 6) is 0.185. The molecule has 18 heavy (non-hydrogen) atoms. The molecule has 0 amide bonds. The van der Waals surface area contributed by atoms with Crippen LogP contribution in [0.15, 0.2) is 18.2 Å². The van der Waals surface area contributed by atoms with Crippen molar-refractivity contribution in [3.8, 4) is 5.75 Å². The van der Waals surface area contributed by atoms with Crippen molar-refractivity contribution >= 4 is 5.69 Å². The van der Waals surface area contributed by atoms with Gasteiger partial charge in [-0.25, -0.2) is 0 Å². The van der Waals surface area contributed by atoms with Gasteiger partial charge in [0, 0.05) is 6.07 Å². The van der Waals surface area contributed by atoms with E-state index in [1.807, 2.05) is 13.8 Å². The Morgan fingerprint density at radius 2 is 2.11 bits per heavy atom. The summed E-state index contributed by atoms with van der Waals surface area (Å²) in [6.07, 6.45) is 0.0975. The zero-order chi connectivity index (χ0) is 13.5. The van der Waals surface area contributed by atoms with Gasteiger partial charge in [0.05, 0.1) is 24.2 Å². The van der Waals surface area contributed by atoms with Crippen LogP contribution < -0.4 is 4.74 Å². The second kappa shape index (κ2) is 6.93. The Morgan fingerprint density at radius 3 is 2.67 bits per heavy atom. The average molecular weight is 255 g/mol. The van der Waals surface area contributed by atoms with E-state index in [-0.39, 0.29) is 30.8 Å². The van der Waals surface area contributed by atoms with Gasteiger partial charge in [0.25, 0.3) is 0 Å². The third-order valence-corrected chi connectivity index (χ3v) is 2.19. The van der Waals surface area contributed by atoms with Crippen molar-refractivity contribution in [2.45, 2.75) is 26.6 Å². The summed E-state index contributed by atoms with van der Waals surface area (Å²) in [5.41, 5.74) is 0.332. The van der Waals surface area contributed by atoms with Gasteiger partial charge in [-0.3, -0.25) is 10.1 Å². The lowest BCUT2D eigenvalue weighted by atomic mass is 10.2. The molecule has 0 aliphatic heterocycles. The standard InChI is InChI=1S/C12H17NO5/c1-9(2)17-5-6-18-12-4-3-10(8-14)7-11(12)13(15)16/h3-4,7,9,14H,5-6,8H2,1-2H3. The molecule has 0 aliphatic rings. The first kappa shape index (κ1) is 14.4. The topological polar surface area (TPSA) is 81.8 Å². The predicted octanol–water partition coefficient (Wildman–Crippen LogP) is 1.89. The maximum atomic E-state index is 10.8. The SMILES string of the molecule is CC(C)OCCOc1ccc(CO)cc1[N+](=O)[O-]. The monoisotopic (exact) mass is 255 g/mol. The Labute approximate surface area is 105 Å². The highest BCUT2D eigenvalue weighted by atomic mass is 16.6.